The van der Waals surface area contributed by atoms with Crippen molar-refractivity contribution in [1.29, 1.82) is 0 Å². The minimum absolute atomic E-state index is 0.527. The molecule has 2 N–H and O–H groups in total. The summed E-state index contributed by atoms with van der Waals surface area (Å²) in [5, 5.41) is 0. The maximum atomic E-state index is 3.27. The summed E-state index contributed by atoms with van der Waals surface area (Å²) in [6.07, 6.45) is 25.1. The summed E-state index contributed by atoms with van der Waals surface area (Å²) in [7, 11) is 0. The van der Waals surface area contributed by atoms with Crippen LogP contribution >= 0.6 is 0 Å². The topological polar surface area (TPSA) is 24.1 Å². The number of allylic oxidation sites excluding steroid dienone is 4. The molecule has 2 heteroatoms. The van der Waals surface area contributed by atoms with Crippen LogP contribution in [0, 0.1) is 0 Å². The van der Waals surface area contributed by atoms with Gasteiger partial charge in [-0.25, -0.2) is 0 Å². The molecule has 0 aromatic rings. The first-order chi connectivity index (χ1) is 11.3. The van der Waals surface area contributed by atoms with Crippen LogP contribution in [0.4, 0.5) is 0 Å². The molecule has 0 rings (SSSR count). The standard InChI is InChI=1S/C21H42N2/c1-4-5-6-7-8-9-10-11-12-13-14-15-16-17-18-19-20-22-23-21(2)3/h8-9,11-12,21-23H,4-7,10,13-20H2,1-3H3/b9-8-,12-11-. The van der Waals surface area contributed by atoms with Crippen LogP contribution < -0.4 is 10.9 Å². The van der Waals surface area contributed by atoms with Gasteiger partial charge in [-0.15, -0.1) is 0 Å². The van der Waals surface area contributed by atoms with Crippen LogP contribution in [-0.2, 0) is 0 Å². The Hall–Kier alpha value is -0.600. The maximum Gasteiger partial charge on any atom is 0.0156 e. The highest BCUT2D eigenvalue weighted by molar-refractivity contribution is 4.92. The molecule has 0 fully saturated rings. The van der Waals surface area contributed by atoms with E-state index in [2.05, 4.69) is 55.9 Å². The molecule has 0 aliphatic rings. The van der Waals surface area contributed by atoms with Crippen LogP contribution in [0.3, 0.4) is 0 Å². The lowest BCUT2D eigenvalue weighted by Crippen LogP contribution is -2.37. The first-order valence-corrected chi connectivity index (χ1v) is 10.1. The predicted octanol–water partition coefficient (Wildman–Crippen LogP) is 6.30. The maximum absolute atomic E-state index is 3.27. The van der Waals surface area contributed by atoms with Crippen molar-refractivity contribution in [3.05, 3.63) is 24.3 Å². The highest BCUT2D eigenvalue weighted by Gasteiger charge is 1.92. The van der Waals surface area contributed by atoms with Gasteiger partial charge >= 0.3 is 0 Å². The number of nitrogens with one attached hydrogen (secondary N) is 2. The zero-order valence-electron chi connectivity index (χ0n) is 16.1. The number of unbranched alkanes of at least 4 members (excludes halogenated alkanes) is 9. The molecule has 0 saturated heterocycles. The molecule has 0 atom stereocenters. The molecule has 23 heavy (non-hydrogen) atoms. The SMILES string of the molecule is CCCCC/C=C\C/C=C\CCCCCCCCNNC(C)C. The molecule has 0 amide bonds. The van der Waals surface area contributed by atoms with E-state index in [9.17, 15) is 0 Å². The van der Waals surface area contributed by atoms with E-state index in [0.29, 0.717) is 6.04 Å². The lowest BCUT2D eigenvalue weighted by molar-refractivity contribution is 0.456. The van der Waals surface area contributed by atoms with Gasteiger partial charge in [0.15, 0.2) is 0 Å². The quantitative estimate of drug-likeness (QED) is 0.186. The van der Waals surface area contributed by atoms with E-state index in [1.807, 2.05) is 0 Å². The third-order valence-corrected chi connectivity index (χ3v) is 3.89. The van der Waals surface area contributed by atoms with Gasteiger partial charge in [-0.05, 0) is 52.4 Å². The van der Waals surface area contributed by atoms with E-state index in [1.165, 1.54) is 70.6 Å². The summed E-state index contributed by atoms with van der Waals surface area (Å²) in [5.74, 6) is 0. The lowest BCUT2D eigenvalue weighted by atomic mass is 10.1. The van der Waals surface area contributed by atoms with Crippen molar-refractivity contribution in [2.75, 3.05) is 6.54 Å². The van der Waals surface area contributed by atoms with Crippen LogP contribution in [0.15, 0.2) is 24.3 Å². The average molecular weight is 323 g/mol. The number of rotatable bonds is 17. The van der Waals surface area contributed by atoms with E-state index in [-0.39, 0.29) is 0 Å². The molecule has 136 valence electrons. The Bertz CT molecular complexity index is 269. The second-order valence-corrected chi connectivity index (χ2v) is 6.81. The summed E-state index contributed by atoms with van der Waals surface area (Å²) in [6.45, 7) is 7.67. The van der Waals surface area contributed by atoms with Crippen molar-refractivity contribution in [3.63, 3.8) is 0 Å². The van der Waals surface area contributed by atoms with E-state index in [4.69, 9.17) is 0 Å². The second kappa shape index (κ2) is 19.4. The van der Waals surface area contributed by atoms with Crippen molar-refractivity contribution in [2.45, 2.75) is 104 Å². The molecule has 0 bridgehead atoms. The molecule has 0 spiro atoms. The van der Waals surface area contributed by atoms with Crippen LogP contribution in [0.2, 0.25) is 0 Å². The van der Waals surface area contributed by atoms with Gasteiger partial charge < -0.3 is 0 Å². The molecule has 0 heterocycles. The molecule has 0 aliphatic heterocycles. The minimum atomic E-state index is 0.527. The van der Waals surface area contributed by atoms with Crippen molar-refractivity contribution < 1.29 is 0 Å². The van der Waals surface area contributed by atoms with Crippen LogP contribution in [0.25, 0.3) is 0 Å². The van der Waals surface area contributed by atoms with Crippen LogP contribution in [-0.4, -0.2) is 12.6 Å². The third kappa shape index (κ3) is 21.4. The van der Waals surface area contributed by atoms with E-state index >= 15 is 0 Å². The van der Waals surface area contributed by atoms with Crippen molar-refractivity contribution in [1.82, 2.24) is 10.9 Å². The highest BCUT2D eigenvalue weighted by atomic mass is 15.4. The van der Waals surface area contributed by atoms with Crippen molar-refractivity contribution in [2.24, 2.45) is 0 Å². The van der Waals surface area contributed by atoms with Crippen molar-refractivity contribution >= 4 is 0 Å². The first kappa shape index (κ1) is 22.4. The predicted molar refractivity (Wildman–Crippen MR) is 106 cm³/mol. The number of hydrazine groups is 1. The van der Waals surface area contributed by atoms with Crippen molar-refractivity contribution in [3.8, 4) is 0 Å². The zero-order chi connectivity index (χ0) is 17.0. The molecule has 0 aliphatic carbocycles. The molecular weight excluding hydrogens is 280 g/mol. The Balaban J connectivity index is 3.13. The summed E-state index contributed by atoms with van der Waals surface area (Å²) in [4.78, 5) is 0. The minimum Gasteiger partial charge on any atom is -0.258 e. The Morgan fingerprint density at radius 2 is 1.26 bits per heavy atom. The fourth-order valence-electron chi connectivity index (χ4n) is 2.48. The first-order valence-electron chi connectivity index (χ1n) is 10.1. The van der Waals surface area contributed by atoms with Gasteiger partial charge in [0.05, 0.1) is 0 Å². The molecule has 0 aromatic heterocycles. The van der Waals surface area contributed by atoms with Crippen LogP contribution in [0.5, 0.6) is 0 Å². The largest absolute Gasteiger partial charge is 0.258 e. The molecule has 2 nitrogen and oxygen atoms in total. The lowest BCUT2D eigenvalue weighted by Gasteiger charge is -2.09. The van der Waals surface area contributed by atoms with Crippen LogP contribution in [0.1, 0.15) is 97.8 Å². The fourth-order valence-corrected chi connectivity index (χ4v) is 2.48. The average Bonchev–Trinajstić information content (AvgIpc) is 2.53. The molecule has 0 unspecified atom stereocenters. The monoisotopic (exact) mass is 322 g/mol. The Kier molecular flexibility index (Phi) is 18.9. The van der Waals surface area contributed by atoms with Gasteiger partial charge in [0.25, 0.3) is 0 Å². The Morgan fingerprint density at radius 3 is 1.87 bits per heavy atom. The van der Waals surface area contributed by atoms with Gasteiger partial charge in [0, 0.05) is 12.6 Å². The molecule has 0 saturated carbocycles. The summed E-state index contributed by atoms with van der Waals surface area (Å²) < 4.78 is 0. The normalized spacial score (nSPS) is 12.2. The molecule has 0 aromatic carbocycles. The summed E-state index contributed by atoms with van der Waals surface area (Å²) in [6, 6.07) is 0.527. The fraction of sp³-hybridized carbons (Fsp3) is 0.810. The van der Waals surface area contributed by atoms with E-state index < -0.39 is 0 Å². The van der Waals surface area contributed by atoms with Gasteiger partial charge in [0.1, 0.15) is 0 Å². The third-order valence-electron chi connectivity index (χ3n) is 3.89. The van der Waals surface area contributed by atoms with Gasteiger partial charge in [0.2, 0.25) is 0 Å². The van der Waals surface area contributed by atoms with Gasteiger partial charge in [-0.3, -0.25) is 10.9 Å². The van der Waals surface area contributed by atoms with Gasteiger partial charge in [-0.1, -0.05) is 69.8 Å². The molecule has 0 radical (unpaired) electrons. The highest BCUT2D eigenvalue weighted by Crippen LogP contribution is 2.07. The Morgan fingerprint density at radius 1 is 0.696 bits per heavy atom. The zero-order valence-corrected chi connectivity index (χ0v) is 16.1. The van der Waals surface area contributed by atoms with Gasteiger partial charge in [-0.2, -0.15) is 0 Å². The number of hydrogen-bond acceptors (Lipinski definition) is 2. The smallest absolute Gasteiger partial charge is 0.0156 e. The molecular formula is C21H42N2. The summed E-state index contributed by atoms with van der Waals surface area (Å²) >= 11 is 0. The Labute approximate surface area is 146 Å². The summed E-state index contributed by atoms with van der Waals surface area (Å²) in [5.41, 5.74) is 6.51. The number of hydrogen-bond donors (Lipinski definition) is 2. The second-order valence-electron chi connectivity index (χ2n) is 6.81. The van der Waals surface area contributed by atoms with E-state index in [0.717, 1.165) is 13.0 Å². The van der Waals surface area contributed by atoms with E-state index in [1.54, 1.807) is 0 Å².